The molecule has 0 bridgehead atoms. The van der Waals surface area contributed by atoms with Crippen molar-refractivity contribution in [2.75, 3.05) is 12.0 Å². The normalized spacial score (nSPS) is 30.1. The van der Waals surface area contributed by atoms with Gasteiger partial charge >= 0.3 is 0 Å². The summed E-state index contributed by atoms with van der Waals surface area (Å²) in [5.41, 5.74) is 1.33. The van der Waals surface area contributed by atoms with Crippen LogP contribution >= 0.6 is 11.8 Å². The maximum atomic E-state index is 11.7. The number of aromatic amines is 2. The van der Waals surface area contributed by atoms with Crippen LogP contribution in [0.4, 0.5) is 0 Å². The van der Waals surface area contributed by atoms with Crippen molar-refractivity contribution in [1.29, 1.82) is 0 Å². The molecule has 1 fully saturated rings. The molecule has 0 radical (unpaired) electrons. The Bertz CT molecular complexity index is 670. The average molecular weight is 296 g/mol. The highest BCUT2D eigenvalue weighted by atomic mass is 32.2. The van der Waals surface area contributed by atoms with Crippen LogP contribution in [0.3, 0.4) is 0 Å². The number of hydrogen-bond donors (Lipinski definition) is 5. The van der Waals surface area contributed by atoms with E-state index in [2.05, 4.69) is 20.3 Å². The third-order valence-electron chi connectivity index (χ3n) is 3.68. The van der Waals surface area contributed by atoms with Gasteiger partial charge in [0.2, 0.25) is 0 Å². The topological polar surface area (TPSA) is 114 Å². The van der Waals surface area contributed by atoms with E-state index in [9.17, 15) is 15.0 Å². The van der Waals surface area contributed by atoms with Crippen molar-refractivity contribution in [3.05, 3.63) is 28.4 Å². The zero-order chi connectivity index (χ0) is 14.3. The Labute approximate surface area is 118 Å². The molecule has 0 unspecified atom stereocenters. The molecule has 108 valence electrons. The highest BCUT2D eigenvalue weighted by Gasteiger charge is 2.42. The molecule has 1 aliphatic rings. The zero-order valence-corrected chi connectivity index (χ0v) is 11.6. The summed E-state index contributed by atoms with van der Waals surface area (Å²) in [4.78, 5) is 21.2. The summed E-state index contributed by atoms with van der Waals surface area (Å²) in [5.74, 6) is 0.699. The quantitative estimate of drug-likeness (QED) is 0.514. The van der Waals surface area contributed by atoms with E-state index in [0.717, 1.165) is 0 Å². The molecular weight excluding hydrogens is 280 g/mol. The molecule has 0 spiro atoms. The number of rotatable bonds is 3. The van der Waals surface area contributed by atoms with Crippen LogP contribution in [0, 0.1) is 0 Å². The van der Waals surface area contributed by atoms with Gasteiger partial charge in [-0.15, -0.1) is 0 Å². The van der Waals surface area contributed by atoms with Gasteiger partial charge in [-0.1, -0.05) is 0 Å². The fourth-order valence-corrected chi connectivity index (χ4v) is 3.32. The third-order valence-corrected chi connectivity index (χ3v) is 4.37. The minimum absolute atomic E-state index is 0.183. The van der Waals surface area contributed by atoms with Gasteiger partial charge in [0.15, 0.2) is 0 Å². The largest absolute Gasteiger partial charge is 0.389 e. The second-order valence-electron chi connectivity index (χ2n) is 4.89. The van der Waals surface area contributed by atoms with E-state index in [1.807, 2.05) is 6.26 Å². The summed E-state index contributed by atoms with van der Waals surface area (Å²) in [6, 6.07) is -0.623. The number of nitrogens with zero attached hydrogens (tertiary/aromatic N) is 1. The lowest BCUT2D eigenvalue weighted by Crippen LogP contribution is -2.34. The summed E-state index contributed by atoms with van der Waals surface area (Å²) in [5, 5.41) is 23.5. The standard InChI is InChI=1S/C12H16N4O3S/c1-20-3-6-10(17)11(18)8(16-6)5-2-13-9-7(5)14-4-15-12(9)19/h2,4,6,8,10-11,13,16-18H,3H2,1H3,(H,14,15,19)/t6-,8+,10+,11-/m1/s1. The van der Waals surface area contributed by atoms with E-state index in [1.165, 1.54) is 6.33 Å². The number of aliphatic hydroxyl groups is 2. The van der Waals surface area contributed by atoms with Gasteiger partial charge in [0, 0.05) is 23.6 Å². The molecule has 0 amide bonds. The van der Waals surface area contributed by atoms with Crippen molar-refractivity contribution in [1.82, 2.24) is 20.3 Å². The van der Waals surface area contributed by atoms with Crippen LogP contribution in [0.5, 0.6) is 0 Å². The summed E-state index contributed by atoms with van der Waals surface area (Å²) >= 11 is 1.60. The molecule has 20 heavy (non-hydrogen) atoms. The number of aromatic nitrogens is 3. The average Bonchev–Trinajstić information content (AvgIpc) is 2.97. The molecule has 7 nitrogen and oxygen atoms in total. The number of aliphatic hydroxyl groups excluding tert-OH is 2. The number of fused-ring (bicyclic) bond motifs is 1. The van der Waals surface area contributed by atoms with Gasteiger partial charge in [0.25, 0.3) is 5.56 Å². The third kappa shape index (κ3) is 2.05. The number of H-pyrrole nitrogens is 2. The van der Waals surface area contributed by atoms with Gasteiger partial charge < -0.3 is 25.5 Å². The SMILES string of the molecule is CSC[C@H]1N[C@@H](c2c[nH]c3c(=O)[nH]cnc23)[C@@H](O)[C@H]1O. The van der Waals surface area contributed by atoms with Crippen molar-refractivity contribution in [3.8, 4) is 0 Å². The maximum Gasteiger partial charge on any atom is 0.275 e. The lowest BCUT2D eigenvalue weighted by Gasteiger charge is -2.14. The van der Waals surface area contributed by atoms with E-state index in [1.54, 1.807) is 18.0 Å². The van der Waals surface area contributed by atoms with Gasteiger partial charge in [-0.2, -0.15) is 11.8 Å². The molecule has 5 N–H and O–H groups in total. The summed E-state index contributed by atoms with van der Waals surface area (Å²) in [6.45, 7) is 0. The van der Waals surface area contributed by atoms with Crippen molar-refractivity contribution >= 4 is 22.8 Å². The van der Waals surface area contributed by atoms with E-state index >= 15 is 0 Å². The lowest BCUT2D eigenvalue weighted by atomic mass is 10.0. The molecule has 2 aromatic heterocycles. The lowest BCUT2D eigenvalue weighted by molar-refractivity contribution is 0.0308. The van der Waals surface area contributed by atoms with Crippen LogP contribution in [0.25, 0.3) is 11.0 Å². The molecular formula is C12H16N4O3S. The Morgan fingerprint density at radius 1 is 1.35 bits per heavy atom. The van der Waals surface area contributed by atoms with Crippen LogP contribution in [-0.2, 0) is 0 Å². The first-order chi connectivity index (χ1) is 9.63. The number of hydrogen-bond acceptors (Lipinski definition) is 6. The smallest absolute Gasteiger partial charge is 0.275 e. The van der Waals surface area contributed by atoms with Crippen LogP contribution in [-0.4, -0.2) is 55.4 Å². The van der Waals surface area contributed by atoms with Crippen molar-refractivity contribution in [3.63, 3.8) is 0 Å². The van der Waals surface area contributed by atoms with Gasteiger partial charge in [-0.3, -0.25) is 4.79 Å². The molecule has 1 saturated heterocycles. The van der Waals surface area contributed by atoms with E-state index in [4.69, 9.17) is 0 Å². The highest BCUT2D eigenvalue weighted by Crippen LogP contribution is 2.31. The van der Waals surface area contributed by atoms with E-state index in [0.29, 0.717) is 22.3 Å². The monoisotopic (exact) mass is 296 g/mol. The van der Waals surface area contributed by atoms with Crippen LogP contribution in [0.2, 0.25) is 0 Å². The fourth-order valence-electron chi connectivity index (χ4n) is 2.67. The Balaban J connectivity index is 1.99. The predicted molar refractivity (Wildman–Crippen MR) is 76.8 cm³/mol. The van der Waals surface area contributed by atoms with Crippen molar-refractivity contribution in [2.45, 2.75) is 24.3 Å². The first-order valence-electron chi connectivity index (χ1n) is 6.29. The molecule has 1 aliphatic heterocycles. The Kier molecular flexibility index (Phi) is 3.55. The Morgan fingerprint density at radius 2 is 2.15 bits per heavy atom. The van der Waals surface area contributed by atoms with Gasteiger partial charge in [0.1, 0.15) is 17.1 Å². The van der Waals surface area contributed by atoms with E-state index in [-0.39, 0.29) is 11.6 Å². The predicted octanol–water partition coefficient (Wildman–Crippen LogP) is -0.651. The highest BCUT2D eigenvalue weighted by molar-refractivity contribution is 7.98. The Morgan fingerprint density at radius 3 is 2.90 bits per heavy atom. The van der Waals surface area contributed by atoms with Gasteiger partial charge in [-0.25, -0.2) is 4.98 Å². The summed E-state index contributed by atoms with van der Waals surface area (Å²) in [7, 11) is 0. The van der Waals surface area contributed by atoms with Crippen molar-refractivity contribution < 1.29 is 10.2 Å². The molecule has 4 atom stereocenters. The van der Waals surface area contributed by atoms with Crippen LogP contribution in [0.15, 0.2) is 17.3 Å². The summed E-state index contributed by atoms with van der Waals surface area (Å²) in [6.07, 6.45) is 3.17. The summed E-state index contributed by atoms with van der Waals surface area (Å²) < 4.78 is 0. The molecule has 0 aromatic carbocycles. The first kappa shape index (κ1) is 13.6. The first-order valence-corrected chi connectivity index (χ1v) is 7.68. The molecule has 3 heterocycles. The molecule has 0 saturated carbocycles. The minimum Gasteiger partial charge on any atom is -0.389 e. The Hall–Kier alpha value is -1.35. The minimum atomic E-state index is -0.924. The van der Waals surface area contributed by atoms with E-state index < -0.39 is 18.2 Å². The second-order valence-corrected chi connectivity index (χ2v) is 5.80. The van der Waals surface area contributed by atoms with Crippen LogP contribution in [0.1, 0.15) is 11.6 Å². The molecule has 8 heteroatoms. The number of thioether (sulfide) groups is 1. The molecule has 3 rings (SSSR count). The second kappa shape index (κ2) is 5.21. The van der Waals surface area contributed by atoms with Gasteiger partial charge in [0.05, 0.1) is 18.5 Å². The maximum absolute atomic E-state index is 11.7. The van der Waals surface area contributed by atoms with Crippen LogP contribution < -0.4 is 10.9 Å². The van der Waals surface area contributed by atoms with Gasteiger partial charge in [-0.05, 0) is 6.26 Å². The zero-order valence-electron chi connectivity index (χ0n) is 10.8. The number of nitrogens with one attached hydrogen (secondary N) is 3. The molecule has 0 aliphatic carbocycles. The fraction of sp³-hybridized carbons (Fsp3) is 0.500. The van der Waals surface area contributed by atoms with Crippen molar-refractivity contribution in [2.24, 2.45) is 0 Å². The molecule has 2 aromatic rings.